The first-order valence-electron chi connectivity index (χ1n) is 11.3. The summed E-state index contributed by atoms with van der Waals surface area (Å²) < 4.78 is 11.0. The number of amides is 2. The summed E-state index contributed by atoms with van der Waals surface area (Å²) in [7, 11) is 0. The van der Waals surface area contributed by atoms with Crippen molar-refractivity contribution in [2.45, 2.75) is 45.6 Å². The zero-order valence-corrected chi connectivity index (χ0v) is 19.8. The van der Waals surface area contributed by atoms with E-state index in [0.29, 0.717) is 31.0 Å². The average molecular weight is 466 g/mol. The fourth-order valence-electron chi connectivity index (χ4n) is 3.65. The molecule has 2 aromatic rings. The van der Waals surface area contributed by atoms with Crippen LogP contribution in [0.1, 0.15) is 51.2 Å². The number of nitrogens with zero attached hydrogens (tertiary/aromatic N) is 2. The second-order valence-corrected chi connectivity index (χ2v) is 8.89. The summed E-state index contributed by atoms with van der Waals surface area (Å²) >= 11 is 0. The van der Waals surface area contributed by atoms with E-state index in [1.54, 1.807) is 20.8 Å². The molecule has 34 heavy (non-hydrogen) atoms. The fourth-order valence-corrected chi connectivity index (χ4v) is 3.65. The van der Waals surface area contributed by atoms with Gasteiger partial charge in [-0.3, -0.25) is 9.80 Å². The Kier molecular flexibility index (Phi) is 8.29. The molecule has 0 heterocycles. The van der Waals surface area contributed by atoms with Gasteiger partial charge < -0.3 is 14.7 Å². The lowest BCUT2D eigenvalue weighted by molar-refractivity contribution is -0.121. The first kappa shape index (κ1) is 24.8. The molecule has 180 valence electrons. The Morgan fingerprint density at radius 2 is 1.79 bits per heavy atom. The SMILES string of the molecule is CC(C)(C)OC(=O)NN(C=O)CCCC/C=C\COc1ccc2c(c1)/C(=N/O)c1ccccc1-2. The van der Waals surface area contributed by atoms with Crippen molar-refractivity contribution in [3.8, 4) is 16.9 Å². The summed E-state index contributed by atoms with van der Waals surface area (Å²) in [6.45, 7) is 6.10. The molecular formula is C26H31N3O5. The van der Waals surface area contributed by atoms with E-state index in [9.17, 15) is 14.8 Å². The van der Waals surface area contributed by atoms with Crippen molar-refractivity contribution in [1.29, 1.82) is 0 Å². The van der Waals surface area contributed by atoms with Crippen LogP contribution in [-0.2, 0) is 9.53 Å². The van der Waals surface area contributed by atoms with Gasteiger partial charge in [-0.15, -0.1) is 0 Å². The van der Waals surface area contributed by atoms with E-state index in [1.165, 1.54) is 5.01 Å². The van der Waals surface area contributed by atoms with Gasteiger partial charge in [0.15, 0.2) is 0 Å². The Balaban J connectivity index is 1.39. The highest BCUT2D eigenvalue weighted by atomic mass is 16.6. The maximum absolute atomic E-state index is 11.7. The van der Waals surface area contributed by atoms with E-state index in [2.05, 4.69) is 10.6 Å². The second kappa shape index (κ2) is 11.4. The van der Waals surface area contributed by atoms with Gasteiger partial charge in [0.2, 0.25) is 6.41 Å². The minimum absolute atomic E-state index is 0.402. The molecular weight excluding hydrogens is 434 g/mol. The van der Waals surface area contributed by atoms with Crippen molar-refractivity contribution in [2.75, 3.05) is 13.2 Å². The van der Waals surface area contributed by atoms with Gasteiger partial charge in [0.25, 0.3) is 0 Å². The summed E-state index contributed by atoms with van der Waals surface area (Å²) in [5.74, 6) is 0.701. The van der Waals surface area contributed by atoms with E-state index in [1.807, 2.05) is 54.6 Å². The molecule has 0 unspecified atom stereocenters. The van der Waals surface area contributed by atoms with Crippen LogP contribution in [0.25, 0.3) is 11.1 Å². The van der Waals surface area contributed by atoms with Crippen molar-refractivity contribution < 1.29 is 24.3 Å². The van der Waals surface area contributed by atoms with Gasteiger partial charge in [-0.05, 0) is 69.4 Å². The number of hydrogen-bond donors (Lipinski definition) is 2. The van der Waals surface area contributed by atoms with Gasteiger partial charge in [0.1, 0.15) is 23.7 Å². The van der Waals surface area contributed by atoms with Gasteiger partial charge >= 0.3 is 6.09 Å². The molecule has 0 bridgehead atoms. The molecule has 3 rings (SSSR count). The average Bonchev–Trinajstić information content (AvgIpc) is 3.11. The molecule has 0 saturated heterocycles. The minimum atomic E-state index is -0.649. The number of ether oxygens (including phenoxy) is 2. The second-order valence-electron chi connectivity index (χ2n) is 8.89. The number of allylic oxidation sites excluding steroid dienone is 1. The molecule has 8 nitrogen and oxygen atoms in total. The molecule has 2 amide bonds. The van der Waals surface area contributed by atoms with Gasteiger partial charge in [0, 0.05) is 17.7 Å². The number of carbonyl (C=O) groups excluding carboxylic acids is 2. The molecule has 0 fully saturated rings. The number of benzene rings is 2. The number of fused-ring (bicyclic) bond motifs is 3. The number of nitrogens with one attached hydrogen (secondary N) is 1. The van der Waals surface area contributed by atoms with Gasteiger partial charge in [-0.1, -0.05) is 41.6 Å². The summed E-state index contributed by atoms with van der Waals surface area (Å²) in [6.07, 6.45) is 6.30. The number of hydrogen-bond acceptors (Lipinski definition) is 6. The maximum atomic E-state index is 11.7. The third-order valence-electron chi connectivity index (χ3n) is 5.11. The van der Waals surface area contributed by atoms with Crippen molar-refractivity contribution in [3.05, 3.63) is 65.7 Å². The molecule has 2 aromatic carbocycles. The van der Waals surface area contributed by atoms with Crippen LogP contribution in [0.5, 0.6) is 5.75 Å². The van der Waals surface area contributed by atoms with E-state index in [0.717, 1.165) is 41.5 Å². The molecule has 0 aromatic heterocycles. The molecule has 1 aliphatic rings. The Bertz CT molecular complexity index is 1070. The predicted molar refractivity (Wildman–Crippen MR) is 130 cm³/mol. The third-order valence-corrected chi connectivity index (χ3v) is 5.11. The quantitative estimate of drug-likeness (QED) is 0.146. The van der Waals surface area contributed by atoms with E-state index >= 15 is 0 Å². The molecule has 8 heteroatoms. The highest BCUT2D eigenvalue weighted by Crippen LogP contribution is 2.38. The number of unbranched alkanes of at least 4 members (excludes halogenated alkanes) is 2. The van der Waals surface area contributed by atoms with Crippen LogP contribution in [0.2, 0.25) is 0 Å². The number of rotatable bonds is 10. The predicted octanol–water partition coefficient (Wildman–Crippen LogP) is 4.90. The van der Waals surface area contributed by atoms with Crippen LogP contribution in [0.4, 0.5) is 4.79 Å². The minimum Gasteiger partial charge on any atom is -0.490 e. The van der Waals surface area contributed by atoms with Crippen LogP contribution < -0.4 is 10.2 Å². The smallest absolute Gasteiger partial charge is 0.426 e. The van der Waals surface area contributed by atoms with Gasteiger partial charge in [-0.2, -0.15) is 0 Å². The Morgan fingerprint density at radius 3 is 2.50 bits per heavy atom. The van der Waals surface area contributed by atoms with E-state index in [4.69, 9.17) is 9.47 Å². The molecule has 0 aliphatic heterocycles. The Morgan fingerprint density at radius 1 is 1.06 bits per heavy atom. The highest BCUT2D eigenvalue weighted by Gasteiger charge is 2.25. The largest absolute Gasteiger partial charge is 0.490 e. The normalized spacial score (nSPS) is 13.4. The van der Waals surface area contributed by atoms with E-state index in [-0.39, 0.29) is 0 Å². The summed E-state index contributed by atoms with van der Waals surface area (Å²) in [5, 5.41) is 14.2. The molecule has 0 saturated carbocycles. The molecule has 0 atom stereocenters. The van der Waals surface area contributed by atoms with Crippen LogP contribution in [0.15, 0.2) is 59.8 Å². The monoisotopic (exact) mass is 465 g/mol. The lowest BCUT2D eigenvalue weighted by atomic mass is 10.1. The zero-order valence-electron chi connectivity index (χ0n) is 19.8. The van der Waals surface area contributed by atoms with Crippen molar-refractivity contribution in [3.63, 3.8) is 0 Å². The fraction of sp³-hybridized carbons (Fsp3) is 0.346. The van der Waals surface area contributed by atoms with Crippen LogP contribution in [0.3, 0.4) is 0 Å². The first-order chi connectivity index (χ1) is 16.3. The standard InChI is InChI=1S/C26H31N3O5/c1-26(2,3)34-25(31)27-29(18-30)15-9-5-4-6-10-16-33-19-13-14-21-20-11-7-8-12-22(20)24(28-32)23(21)17-19/h6-8,10-14,17-18,32H,4-5,9,15-16H2,1-3H3,(H,27,31)/b10-6-,28-24+. The van der Waals surface area contributed by atoms with Crippen molar-refractivity contribution >= 4 is 18.2 Å². The van der Waals surface area contributed by atoms with Gasteiger partial charge in [0.05, 0.1) is 0 Å². The molecule has 1 aliphatic carbocycles. The molecule has 2 N–H and O–H groups in total. The number of hydrazine groups is 1. The highest BCUT2D eigenvalue weighted by molar-refractivity contribution is 6.24. The summed E-state index contributed by atoms with van der Waals surface area (Å²) in [4.78, 5) is 22.9. The molecule has 0 spiro atoms. The lowest BCUT2D eigenvalue weighted by Gasteiger charge is -2.23. The molecule has 0 radical (unpaired) electrons. The van der Waals surface area contributed by atoms with Crippen LogP contribution in [0, 0.1) is 0 Å². The van der Waals surface area contributed by atoms with Crippen LogP contribution in [-0.4, -0.2) is 47.2 Å². The maximum Gasteiger partial charge on any atom is 0.426 e. The number of oxime groups is 1. The Hall–Kier alpha value is -3.81. The summed E-state index contributed by atoms with van der Waals surface area (Å²) in [6, 6.07) is 13.6. The number of carbonyl (C=O) groups is 2. The lowest BCUT2D eigenvalue weighted by Crippen LogP contribution is -2.44. The van der Waals surface area contributed by atoms with Crippen LogP contribution >= 0.6 is 0 Å². The first-order valence-corrected chi connectivity index (χ1v) is 11.3. The van der Waals surface area contributed by atoms with E-state index < -0.39 is 11.7 Å². The zero-order chi connectivity index (χ0) is 24.6. The van der Waals surface area contributed by atoms with Gasteiger partial charge in [-0.25, -0.2) is 10.2 Å². The third kappa shape index (κ3) is 6.60. The topological polar surface area (TPSA) is 100 Å². The summed E-state index contributed by atoms with van der Waals surface area (Å²) in [5.41, 5.74) is 6.19. The Labute approximate surface area is 199 Å². The van der Waals surface area contributed by atoms with Crippen molar-refractivity contribution in [2.24, 2.45) is 5.16 Å². The van der Waals surface area contributed by atoms with Crippen molar-refractivity contribution in [1.82, 2.24) is 10.4 Å².